The van der Waals surface area contributed by atoms with Gasteiger partial charge >= 0.3 is 0 Å². The zero-order valence-corrected chi connectivity index (χ0v) is 5.23. The van der Waals surface area contributed by atoms with Gasteiger partial charge in [-0.05, 0) is 18.6 Å². The molecule has 0 aliphatic carbocycles. The highest BCUT2D eigenvalue weighted by atomic mass is 14.8. The average Bonchev–Trinajstić information content (AvgIpc) is 2.14. The molecule has 0 amide bonds. The molecule has 1 heterocycles. The Morgan fingerprint density at radius 1 is 1.78 bits per heavy atom. The monoisotopic (exact) mass is 123 g/mol. The number of rotatable bonds is 1. The van der Waals surface area contributed by atoms with Gasteiger partial charge in [-0.15, -0.1) is 0 Å². The van der Waals surface area contributed by atoms with E-state index in [-0.39, 0.29) is 5.84 Å². The Balaban J connectivity index is 2.98. The van der Waals surface area contributed by atoms with Gasteiger partial charge in [-0.25, -0.2) is 0 Å². The van der Waals surface area contributed by atoms with Crippen LogP contribution in [0.4, 0.5) is 0 Å². The summed E-state index contributed by atoms with van der Waals surface area (Å²) >= 11 is 0. The predicted molar refractivity (Wildman–Crippen MR) is 36.5 cm³/mol. The first-order chi connectivity index (χ1) is 4.20. The number of nitrogen functional groups attached to an aromatic ring is 1. The average molecular weight is 123 g/mol. The molecule has 0 aliphatic heterocycles. The van der Waals surface area contributed by atoms with Gasteiger partial charge in [0.25, 0.3) is 0 Å². The van der Waals surface area contributed by atoms with E-state index in [2.05, 4.69) is 4.98 Å². The van der Waals surface area contributed by atoms with Gasteiger partial charge in [-0.3, -0.25) is 5.41 Å². The van der Waals surface area contributed by atoms with Crippen LogP contribution >= 0.6 is 0 Å². The van der Waals surface area contributed by atoms with Gasteiger partial charge in [0.05, 0.1) is 5.69 Å². The largest absolute Gasteiger partial charge is 0.382 e. The van der Waals surface area contributed by atoms with Crippen molar-refractivity contribution in [2.45, 2.75) is 6.92 Å². The maximum Gasteiger partial charge on any atom is 0.139 e. The molecule has 3 heteroatoms. The first kappa shape index (κ1) is 5.88. The zero-order valence-electron chi connectivity index (χ0n) is 5.23. The Morgan fingerprint density at radius 2 is 2.44 bits per heavy atom. The van der Waals surface area contributed by atoms with Crippen molar-refractivity contribution in [3.63, 3.8) is 0 Å². The molecule has 9 heavy (non-hydrogen) atoms. The highest BCUT2D eigenvalue weighted by Crippen LogP contribution is 1.98. The fraction of sp³-hybridized carbons (Fsp3) is 0.167. The van der Waals surface area contributed by atoms with Gasteiger partial charge in [0.1, 0.15) is 5.84 Å². The van der Waals surface area contributed by atoms with E-state index in [9.17, 15) is 0 Å². The van der Waals surface area contributed by atoms with Crippen LogP contribution in [0.3, 0.4) is 0 Å². The van der Waals surface area contributed by atoms with E-state index in [4.69, 9.17) is 11.1 Å². The van der Waals surface area contributed by atoms with Crippen LogP contribution < -0.4 is 5.73 Å². The van der Waals surface area contributed by atoms with Crippen LogP contribution in [0.5, 0.6) is 0 Å². The van der Waals surface area contributed by atoms with E-state index in [1.807, 2.05) is 19.2 Å². The maximum atomic E-state index is 7.00. The Morgan fingerprint density at radius 3 is 2.67 bits per heavy atom. The molecule has 0 saturated heterocycles. The number of nitrogens with one attached hydrogen (secondary N) is 2. The van der Waals surface area contributed by atoms with Crippen molar-refractivity contribution in [2.75, 3.05) is 0 Å². The lowest BCUT2D eigenvalue weighted by molar-refractivity contribution is 1.31. The molecule has 0 aliphatic rings. The lowest BCUT2D eigenvalue weighted by atomic mass is 10.3. The molecular weight excluding hydrogens is 114 g/mol. The van der Waals surface area contributed by atoms with E-state index in [0.717, 1.165) is 5.56 Å². The Labute approximate surface area is 53.4 Å². The highest BCUT2D eigenvalue weighted by Gasteiger charge is 1.95. The van der Waals surface area contributed by atoms with E-state index in [0.29, 0.717) is 5.69 Å². The number of amidine groups is 1. The van der Waals surface area contributed by atoms with Crippen LogP contribution in [0.1, 0.15) is 11.3 Å². The standard InChI is InChI=1S/C6H9N3/c1-4-2-5(6(7)8)9-3-4/h2-3,9H,1H3,(H3,7,8). The summed E-state index contributed by atoms with van der Waals surface area (Å²) in [5, 5.41) is 7.00. The molecule has 4 N–H and O–H groups in total. The third-order valence-corrected chi connectivity index (χ3v) is 1.12. The molecule has 0 unspecified atom stereocenters. The molecule has 0 fully saturated rings. The highest BCUT2D eigenvalue weighted by molar-refractivity contribution is 5.93. The van der Waals surface area contributed by atoms with Gasteiger partial charge < -0.3 is 10.7 Å². The van der Waals surface area contributed by atoms with E-state index in [1.165, 1.54) is 0 Å². The van der Waals surface area contributed by atoms with Crippen molar-refractivity contribution in [3.8, 4) is 0 Å². The lowest BCUT2D eigenvalue weighted by Gasteiger charge is -1.87. The minimum absolute atomic E-state index is 0.0862. The van der Waals surface area contributed by atoms with E-state index < -0.39 is 0 Å². The lowest BCUT2D eigenvalue weighted by Crippen LogP contribution is -2.10. The van der Waals surface area contributed by atoms with Crippen molar-refractivity contribution in [1.82, 2.24) is 4.98 Å². The van der Waals surface area contributed by atoms with Crippen LogP contribution in [-0.4, -0.2) is 10.8 Å². The predicted octanol–water partition coefficient (Wildman–Crippen LogP) is 0.607. The summed E-state index contributed by atoms with van der Waals surface area (Å²) in [6.07, 6.45) is 1.82. The SMILES string of the molecule is Cc1c[nH]c(C(=N)N)c1. The van der Waals surface area contributed by atoms with Gasteiger partial charge in [-0.2, -0.15) is 0 Å². The summed E-state index contributed by atoms with van der Waals surface area (Å²) in [5.41, 5.74) is 6.96. The second-order valence-electron chi connectivity index (χ2n) is 2.00. The minimum Gasteiger partial charge on any atom is -0.382 e. The van der Waals surface area contributed by atoms with Crippen molar-refractivity contribution in [2.24, 2.45) is 5.73 Å². The number of hydrogen-bond donors (Lipinski definition) is 3. The summed E-state index contributed by atoms with van der Waals surface area (Å²) in [5.74, 6) is 0.0862. The van der Waals surface area contributed by atoms with Crippen LogP contribution in [0.25, 0.3) is 0 Å². The van der Waals surface area contributed by atoms with Crippen molar-refractivity contribution in [3.05, 3.63) is 23.5 Å². The van der Waals surface area contributed by atoms with Crippen LogP contribution in [0, 0.1) is 12.3 Å². The number of H-pyrrole nitrogens is 1. The number of aryl methyl sites for hydroxylation is 1. The first-order valence-corrected chi connectivity index (χ1v) is 2.69. The fourth-order valence-corrected chi connectivity index (χ4v) is 0.658. The molecule has 1 rings (SSSR count). The Hall–Kier alpha value is -1.25. The molecule has 48 valence electrons. The van der Waals surface area contributed by atoms with Crippen LogP contribution in [-0.2, 0) is 0 Å². The third kappa shape index (κ3) is 1.10. The molecule has 0 radical (unpaired) electrons. The van der Waals surface area contributed by atoms with Crippen molar-refractivity contribution >= 4 is 5.84 Å². The van der Waals surface area contributed by atoms with Crippen molar-refractivity contribution < 1.29 is 0 Å². The van der Waals surface area contributed by atoms with Gasteiger partial charge in [-0.1, -0.05) is 0 Å². The first-order valence-electron chi connectivity index (χ1n) is 2.69. The topological polar surface area (TPSA) is 65.7 Å². The summed E-state index contributed by atoms with van der Waals surface area (Å²) in [6.45, 7) is 1.95. The number of aromatic amines is 1. The van der Waals surface area contributed by atoms with Gasteiger partial charge in [0, 0.05) is 6.20 Å². The smallest absolute Gasteiger partial charge is 0.139 e. The Kier molecular flexibility index (Phi) is 1.26. The number of aromatic nitrogens is 1. The minimum atomic E-state index is 0.0862. The summed E-state index contributed by atoms with van der Waals surface area (Å²) in [6, 6.07) is 1.84. The van der Waals surface area contributed by atoms with Crippen LogP contribution in [0.2, 0.25) is 0 Å². The molecule has 0 atom stereocenters. The second-order valence-corrected chi connectivity index (χ2v) is 2.00. The molecule has 0 bridgehead atoms. The molecule has 0 saturated carbocycles. The maximum absolute atomic E-state index is 7.00. The molecule has 3 nitrogen and oxygen atoms in total. The van der Waals surface area contributed by atoms with Crippen LogP contribution in [0.15, 0.2) is 12.3 Å². The zero-order chi connectivity index (χ0) is 6.85. The quantitative estimate of drug-likeness (QED) is 0.371. The van der Waals surface area contributed by atoms with Crippen molar-refractivity contribution in [1.29, 1.82) is 5.41 Å². The summed E-state index contributed by atoms with van der Waals surface area (Å²) in [4.78, 5) is 2.86. The normalized spacial score (nSPS) is 9.44. The molecule has 0 aromatic carbocycles. The molecule has 0 spiro atoms. The summed E-state index contributed by atoms with van der Waals surface area (Å²) in [7, 11) is 0. The second kappa shape index (κ2) is 1.93. The van der Waals surface area contributed by atoms with E-state index in [1.54, 1.807) is 0 Å². The third-order valence-electron chi connectivity index (χ3n) is 1.12. The molecule has 1 aromatic rings. The van der Waals surface area contributed by atoms with E-state index >= 15 is 0 Å². The Bertz CT molecular complexity index is 224. The summed E-state index contributed by atoms with van der Waals surface area (Å²) < 4.78 is 0. The number of hydrogen-bond acceptors (Lipinski definition) is 1. The van der Waals surface area contributed by atoms with Gasteiger partial charge in [0.2, 0.25) is 0 Å². The van der Waals surface area contributed by atoms with Gasteiger partial charge in [0.15, 0.2) is 0 Å². The number of nitrogens with two attached hydrogens (primary N) is 1. The fourth-order valence-electron chi connectivity index (χ4n) is 0.658. The molecular formula is C6H9N3. The molecule has 1 aromatic heterocycles.